The highest BCUT2D eigenvalue weighted by Gasteiger charge is 2.21. The van der Waals surface area contributed by atoms with Crippen molar-refractivity contribution in [2.45, 2.75) is 12.1 Å². The second-order valence-electron chi connectivity index (χ2n) is 3.24. The van der Waals surface area contributed by atoms with Gasteiger partial charge >= 0.3 is 0 Å². The molecule has 0 radical (unpaired) electrons. The van der Waals surface area contributed by atoms with Crippen molar-refractivity contribution in [2.75, 3.05) is 13.6 Å². The molecule has 5 heteroatoms. The number of hydrogen-bond acceptors (Lipinski definition) is 3. The fraction of sp³-hybridized carbons (Fsp3) is 0.400. The van der Waals surface area contributed by atoms with Gasteiger partial charge in [-0.05, 0) is 25.2 Å². The van der Waals surface area contributed by atoms with Crippen LogP contribution in [0.25, 0.3) is 0 Å². The molecule has 0 saturated carbocycles. The van der Waals surface area contributed by atoms with Crippen LogP contribution in [-0.4, -0.2) is 24.8 Å². The van der Waals surface area contributed by atoms with E-state index in [4.69, 9.17) is 5.73 Å². The maximum absolute atomic E-state index is 13.5. The van der Waals surface area contributed by atoms with E-state index in [9.17, 15) is 9.50 Å². The summed E-state index contributed by atoms with van der Waals surface area (Å²) in [6.45, 7) is 0.0808. The lowest BCUT2D eigenvalue weighted by molar-refractivity contribution is 0.137. The first-order valence-corrected chi connectivity index (χ1v) is 5.39. The number of halogens is 2. The van der Waals surface area contributed by atoms with Crippen molar-refractivity contribution in [3.05, 3.63) is 34.1 Å². The number of nitrogens with one attached hydrogen (secondary N) is 1. The second-order valence-corrected chi connectivity index (χ2v) is 4.15. The molecule has 0 aromatic heterocycles. The molecule has 0 fully saturated rings. The average molecular weight is 277 g/mol. The maximum Gasteiger partial charge on any atom is 0.128 e. The van der Waals surface area contributed by atoms with Crippen LogP contribution >= 0.6 is 15.9 Å². The molecule has 0 bridgehead atoms. The predicted octanol–water partition coefficient (Wildman–Crippen LogP) is 1.17. The van der Waals surface area contributed by atoms with Gasteiger partial charge in [-0.3, -0.25) is 0 Å². The Labute approximate surface area is 96.6 Å². The molecule has 0 aliphatic carbocycles. The van der Waals surface area contributed by atoms with Gasteiger partial charge in [0.2, 0.25) is 0 Å². The van der Waals surface area contributed by atoms with Crippen LogP contribution in [0.1, 0.15) is 11.6 Å². The van der Waals surface area contributed by atoms with Gasteiger partial charge in [-0.2, -0.15) is 0 Å². The molecule has 3 nitrogen and oxygen atoms in total. The van der Waals surface area contributed by atoms with Crippen LogP contribution in [0.3, 0.4) is 0 Å². The number of rotatable bonds is 4. The van der Waals surface area contributed by atoms with Crippen LogP contribution in [0.4, 0.5) is 4.39 Å². The van der Waals surface area contributed by atoms with E-state index in [1.54, 1.807) is 19.2 Å². The molecule has 2 atom stereocenters. The van der Waals surface area contributed by atoms with Gasteiger partial charge in [-0.15, -0.1) is 0 Å². The Bertz CT molecular complexity index is 335. The maximum atomic E-state index is 13.5. The molecule has 0 spiro atoms. The zero-order valence-electron chi connectivity index (χ0n) is 8.37. The van der Waals surface area contributed by atoms with Crippen molar-refractivity contribution in [3.8, 4) is 0 Å². The van der Waals surface area contributed by atoms with Gasteiger partial charge in [0.15, 0.2) is 0 Å². The van der Waals surface area contributed by atoms with Gasteiger partial charge < -0.3 is 16.2 Å². The van der Waals surface area contributed by atoms with Crippen molar-refractivity contribution in [2.24, 2.45) is 5.73 Å². The highest BCUT2D eigenvalue weighted by atomic mass is 79.9. The van der Waals surface area contributed by atoms with E-state index in [0.29, 0.717) is 5.56 Å². The molecule has 0 saturated heterocycles. The zero-order valence-corrected chi connectivity index (χ0v) is 9.96. The molecule has 0 aliphatic heterocycles. The summed E-state index contributed by atoms with van der Waals surface area (Å²) in [6, 6.07) is 4.11. The van der Waals surface area contributed by atoms with E-state index in [0.717, 1.165) is 4.47 Å². The summed E-state index contributed by atoms with van der Waals surface area (Å²) < 4.78 is 14.3. The highest BCUT2D eigenvalue weighted by molar-refractivity contribution is 9.10. The number of hydrogen-bond donors (Lipinski definition) is 3. The molecule has 15 heavy (non-hydrogen) atoms. The Balaban J connectivity index is 3.05. The number of nitrogens with two attached hydrogens (primary N) is 1. The number of likely N-dealkylation sites (N-methyl/N-ethyl adjacent to an activating group) is 1. The molecule has 1 aromatic rings. The molecular weight excluding hydrogens is 263 g/mol. The molecule has 4 N–H and O–H groups in total. The lowest BCUT2D eigenvalue weighted by Gasteiger charge is -2.22. The molecule has 1 aromatic carbocycles. The predicted molar refractivity (Wildman–Crippen MR) is 61.0 cm³/mol. The van der Waals surface area contributed by atoms with E-state index < -0.39 is 12.1 Å². The van der Waals surface area contributed by atoms with Crippen LogP contribution < -0.4 is 11.1 Å². The molecule has 0 aliphatic rings. The quantitative estimate of drug-likeness (QED) is 0.774. The van der Waals surface area contributed by atoms with Crippen LogP contribution in [0.5, 0.6) is 0 Å². The van der Waals surface area contributed by atoms with Gasteiger partial charge in [-0.25, -0.2) is 4.39 Å². The molecular formula is C10H14BrFN2O. The van der Waals surface area contributed by atoms with Gasteiger partial charge in [0.05, 0.1) is 12.1 Å². The van der Waals surface area contributed by atoms with E-state index >= 15 is 0 Å². The van der Waals surface area contributed by atoms with Crippen molar-refractivity contribution in [1.29, 1.82) is 0 Å². The number of aliphatic hydroxyl groups excluding tert-OH is 1. The van der Waals surface area contributed by atoms with Crippen LogP contribution in [0.2, 0.25) is 0 Å². The van der Waals surface area contributed by atoms with E-state index in [-0.39, 0.29) is 12.4 Å². The van der Waals surface area contributed by atoms with Crippen molar-refractivity contribution < 1.29 is 9.50 Å². The van der Waals surface area contributed by atoms with Gasteiger partial charge in [0.25, 0.3) is 0 Å². The van der Waals surface area contributed by atoms with Crippen LogP contribution in [0, 0.1) is 5.82 Å². The summed E-state index contributed by atoms with van der Waals surface area (Å²) in [5, 5.41) is 12.5. The lowest BCUT2D eigenvalue weighted by Crippen LogP contribution is -2.35. The SMILES string of the molecule is CNC(c1cc(Br)ccc1F)C(O)CN. The van der Waals surface area contributed by atoms with Crippen LogP contribution in [0.15, 0.2) is 22.7 Å². The first-order chi connectivity index (χ1) is 7.10. The normalized spacial score (nSPS) is 15.0. The van der Waals surface area contributed by atoms with Crippen molar-refractivity contribution >= 4 is 15.9 Å². The summed E-state index contributed by atoms with van der Waals surface area (Å²) in [6.07, 6.45) is -0.807. The summed E-state index contributed by atoms with van der Waals surface area (Å²) in [5.74, 6) is -0.356. The topological polar surface area (TPSA) is 58.3 Å². The summed E-state index contributed by atoms with van der Waals surface area (Å²) >= 11 is 3.26. The highest BCUT2D eigenvalue weighted by Crippen LogP contribution is 2.23. The minimum atomic E-state index is -0.807. The second kappa shape index (κ2) is 5.55. The third-order valence-corrected chi connectivity index (χ3v) is 2.72. The minimum Gasteiger partial charge on any atom is -0.390 e. The van der Waals surface area contributed by atoms with E-state index in [1.165, 1.54) is 6.07 Å². The average Bonchev–Trinajstić information content (AvgIpc) is 2.23. The zero-order chi connectivity index (χ0) is 11.4. The van der Waals surface area contributed by atoms with Gasteiger partial charge in [0.1, 0.15) is 5.82 Å². The summed E-state index contributed by atoms with van der Waals surface area (Å²) in [7, 11) is 1.66. The van der Waals surface area contributed by atoms with Crippen molar-refractivity contribution in [3.63, 3.8) is 0 Å². The van der Waals surface area contributed by atoms with Crippen LogP contribution in [-0.2, 0) is 0 Å². The smallest absolute Gasteiger partial charge is 0.128 e. The Morgan fingerprint density at radius 2 is 2.27 bits per heavy atom. The van der Waals surface area contributed by atoms with Gasteiger partial charge in [0, 0.05) is 16.6 Å². The first-order valence-electron chi connectivity index (χ1n) is 4.60. The first kappa shape index (κ1) is 12.6. The lowest BCUT2D eigenvalue weighted by atomic mass is 10.0. The Kier molecular flexibility index (Phi) is 4.66. The molecule has 84 valence electrons. The fourth-order valence-corrected chi connectivity index (χ4v) is 1.82. The largest absolute Gasteiger partial charge is 0.390 e. The Morgan fingerprint density at radius 1 is 1.60 bits per heavy atom. The third kappa shape index (κ3) is 2.98. The van der Waals surface area contributed by atoms with E-state index in [1.807, 2.05) is 0 Å². The summed E-state index contributed by atoms with van der Waals surface area (Å²) in [4.78, 5) is 0. The van der Waals surface area contributed by atoms with Gasteiger partial charge in [-0.1, -0.05) is 15.9 Å². The number of benzene rings is 1. The number of aliphatic hydroxyl groups is 1. The standard InChI is InChI=1S/C10H14BrFN2O/c1-14-10(9(15)5-13)7-4-6(11)2-3-8(7)12/h2-4,9-10,14-15H,5,13H2,1H3. The molecule has 2 unspecified atom stereocenters. The molecule has 1 rings (SSSR count). The molecule has 0 heterocycles. The minimum absolute atomic E-state index is 0.0808. The Hall–Kier alpha value is -0.490. The monoisotopic (exact) mass is 276 g/mol. The van der Waals surface area contributed by atoms with Crippen molar-refractivity contribution in [1.82, 2.24) is 5.32 Å². The van der Waals surface area contributed by atoms with E-state index in [2.05, 4.69) is 21.2 Å². The summed E-state index contributed by atoms with van der Waals surface area (Å²) in [5.41, 5.74) is 5.76. The third-order valence-electron chi connectivity index (χ3n) is 2.23. The Morgan fingerprint density at radius 3 is 2.80 bits per heavy atom. The molecule has 0 amide bonds. The fourth-order valence-electron chi connectivity index (χ4n) is 1.44.